The molecule has 3 heterocycles. The molecule has 2 aromatic heterocycles. The third-order valence-electron chi connectivity index (χ3n) is 3.51. The lowest BCUT2D eigenvalue weighted by atomic mass is 9.99. The first kappa shape index (κ1) is 12.4. The fourth-order valence-corrected chi connectivity index (χ4v) is 2.66. The van der Waals surface area contributed by atoms with E-state index in [1.807, 2.05) is 13.2 Å². The number of hydrogen-bond donors (Lipinski definition) is 0. The van der Waals surface area contributed by atoms with Crippen LogP contribution in [0.3, 0.4) is 0 Å². The maximum absolute atomic E-state index is 5.80. The summed E-state index contributed by atoms with van der Waals surface area (Å²) in [5, 5.41) is 0.567. The largest absolute Gasteiger partial charge is 0.344 e. The highest BCUT2D eigenvalue weighted by molar-refractivity contribution is 6.30. The molecule has 0 aliphatic carbocycles. The number of fused-ring (bicyclic) bond motifs is 1. The van der Waals surface area contributed by atoms with Crippen LogP contribution in [0.5, 0.6) is 0 Å². The Kier molecular flexibility index (Phi) is 3.38. The minimum absolute atomic E-state index is 0.567. The van der Waals surface area contributed by atoms with E-state index in [0.717, 1.165) is 31.9 Å². The Morgan fingerprint density at radius 2 is 2.16 bits per heavy atom. The molecule has 5 nitrogen and oxygen atoms in total. The number of rotatable bonds is 3. The molecule has 1 atom stereocenters. The van der Waals surface area contributed by atoms with Crippen LogP contribution >= 0.6 is 11.6 Å². The summed E-state index contributed by atoms with van der Waals surface area (Å²) in [4.78, 5) is 14.9. The smallest absolute Gasteiger partial charge is 0.225 e. The van der Waals surface area contributed by atoms with Crippen molar-refractivity contribution in [3.05, 3.63) is 35.6 Å². The second-order valence-electron chi connectivity index (χ2n) is 4.98. The maximum atomic E-state index is 5.80. The van der Waals surface area contributed by atoms with Gasteiger partial charge in [-0.15, -0.1) is 0 Å². The van der Waals surface area contributed by atoms with Gasteiger partial charge in [0.05, 0.1) is 17.4 Å². The fourth-order valence-electron chi connectivity index (χ4n) is 2.56. The lowest BCUT2D eigenvalue weighted by Crippen LogP contribution is -2.32. The SMILES string of the molecule is CN(C[C@H]1CCc2nccn2C1)c1ncc(Cl)cn1. The summed E-state index contributed by atoms with van der Waals surface area (Å²) in [5.74, 6) is 2.52. The molecule has 0 fully saturated rings. The van der Waals surface area contributed by atoms with E-state index in [-0.39, 0.29) is 0 Å². The van der Waals surface area contributed by atoms with Crippen molar-refractivity contribution in [2.75, 3.05) is 18.5 Å². The molecule has 2 aromatic rings. The van der Waals surface area contributed by atoms with Gasteiger partial charge in [0.1, 0.15) is 5.82 Å². The molecule has 6 heteroatoms. The summed E-state index contributed by atoms with van der Waals surface area (Å²) in [6.45, 7) is 1.96. The van der Waals surface area contributed by atoms with Gasteiger partial charge in [0.2, 0.25) is 5.95 Å². The predicted molar refractivity (Wildman–Crippen MR) is 74.4 cm³/mol. The van der Waals surface area contributed by atoms with E-state index in [1.54, 1.807) is 12.4 Å². The Balaban J connectivity index is 1.64. The van der Waals surface area contributed by atoms with E-state index in [0.29, 0.717) is 10.9 Å². The molecule has 0 N–H and O–H groups in total. The molecule has 0 saturated carbocycles. The van der Waals surface area contributed by atoms with E-state index >= 15 is 0 Å². The standard InChI is InChI=1S/C13H16ClN5/c1-18(13-16-6-11(14)7-17-13)8-10-2-3-12-15-4-5-19(12)9-10/h4-7,10H,2-3,8-9H2,1H3/t10-/m1/s1. The Bertz CT molecular complexity index is 550. The zero-order chi connectivity index (χ0) is 13.2. The fraction of sp³-hybridized carbons (Fsp3) is 0.462. The zero-order valence-corrected chi connectivity index (χ0v) is 11.6. The van der Waals surface area contributed by atoms with Crippen LogP contribution in [0.1, 0.15) is 12.2 Å². The van der Waals surface area contributed by atoms with Crippen molar-refractivity contribution in [2.45, 2.75) is 19.4 Å². The van der Waals surface area contributed by atoms with Crippen LogP contribution in [-0.2, 0) is 13.0 Å². The third kappa shape index (κ3) is 2.71. The molecule has 19 heavy (non-hydrogen) atoms. The van der Waals surface area contributed by atoms with Crippen molar-refractivity contribution in [3.63, 3.8) is 0 Å². The predicted octanol–water partition coefficient (Wildman–Crippen LogP) is 2.03. The van der Waals surface area contributed by atoms with Crippen LogP contribution in [0.25, 0.3) is 0 Å². The minimum atomic E-state index is 0.567. The van der Waals surface area contributed by atoms with Crippen molar-refractivity contribution in [1.29, 1.82) is 0 Å². The Morgan fingerprint density at radius 3 is 2.95 bits per heavy atom. The average Bonchev–Trinajstić information content (AvgIpc) is 2.87. The quantitative estimate of drug-likeness (QED) is 0.861. The van der Waals surface area contributed by atoms with Gasteiger partial charge in [-0.25, -0.2) is 15.0 Å². The van der Waals surface area contributed by atoms with Crippen LogP contribution in [0.4, 0.5) is 5.95 Å². The second kappa shape index (κ2) is 5.17. The van der Waals surface area contributed by atoms with Crippen LogP contribution in [0, 0.1) is 5.92 Å². The number of aromatic nitrogens is 4. The number of hydrogen-bond acceptors (Lipinski definition) is 4. The van der Waals surface area contributed by atoms with Crippen LogP contribution < -0.4 is 4.90 Å². The monoisotopic (exact) mass is 277 g/mol. The molecule has 1 aliphatic heterocycles. The molecule has 100 valence electrons. The van der Waals surface area contributed by atoms with Crippen molar-refractivity contribution < 1.29 is 0 Å². The Hall–Kier alpha value is -1.62. The van der Waals surface area contributed by atoms with Crippen LogP contribution in [-0.4, -0.2) is 33.1 Å². The molecule has 0 bridgehead atoms. The molecule has 0 amide bonds. The molecular weight excluding hydrogens is 262 g/mol. The van der Waals surface area contributed by atoms with Crippen molar-refractivity contribution >= 4 is 17.5 Å². The first-order valence-electron chi connectivity index (χ1n) is 6.41. The van der Waals surface area contributed by atoms with Crippen molar-refractivity contribution in [3.8, 4) is 0 Å². The van der Waals surface area contributed by atoms with Crippen molar-refractivity contribution in [1.82, 2.24) is 19.5 Å². The van der Waals surface area contributed by atoms with Gasteiger partial charge in [-0.2, -0.15) is 0 Å². The number of aryl methyl sites for hydroxylation is 1. The van der Waals surface area contributed by atoms with Gasteiger partial charge < -0.3 is 9.47 Å². The molecule has 0 aromatic carbocycles. The van der Waals surface area contributed by atoms with Gasteiger partial charge in [0.25, 0.3) is 0 Å². The number of anilines is 1. The Morgan fingerprint density at radius 1 is 1.37 bits per heavy atom. The normalized spacial score (nSPS) is 18.1. The highest BCUT2D eigenvalue weighted by Gasteiger charge is 2.20. The number of imidazole rings is 1. The van der Waals surface area contributed by atoms with E-state index < -0.39 is 0 Å². The first-order valence-corrected chi connectivity index (χ1v) is 6.79. The number of halogens is 1. The summed E-state index contributed by atoms with van der Waals surface area (Å²) in [6.07, 6.45) is 9.41. The lowest BCUT2D eigenvalue weighted by molar-refractivity contribution is 0.368. The summed E-state index contributed by atoms with van der Waals surface area (Å²) < 4.78 is 2.24. The highest BCUT2D eigenvalue weighted by atomic mass is 35.5. The van der Waals surface area contributed by atoms with E-state index in [1.165, 1.54) is 5.82 Å². The average molecular weight is 278 g/mol. The van der Waals surface area contributed by atoms with Gasteiger partial charge >= 0.3 is 0 Å². The van der Waals surface area contributed by atoms with Gasteiger partial charge in [-0.3, -0.25) is 0 Å². The molecule has 0 radical (unpaired) electrons. The van der Waals surface area contributed by atoms with Gasteiger partial charge in [0, 0.05) is 39.0 Å². The second-order valence-corrected chi connectivity index (χ2v) is 5.42. The molecule has 0 saturated heterocycles. The third-order valence-corrected chi connectivity index (χ3v) is 3.71. The summed E-state index contributed by atoms with van der Waals surface area (Å²) in [6, 6.07) is 0. The van der Waals surface area contributed by atoms with Crippen molar-refractivity contribution in [2.24, 2.45) is 5.92 Å². The summed E-state index contributed by atoms with van der Waals surface area (Å²) >= 11 is 5.80. The van der Waals surface area contributed by atoms with Gasteiger partial charge in [-0.05, 0) is 12.3 Å². The van der Waals surface area contributed by atoms with E-state index in [2.05, 4.69) is 30.6 Å². The topological polar surface area (TPSA) is 46.8 Å². The van der Waals surface area contributed by atoms with Gasteiger partial charge in [0.15, 0.2) is 0 Å². The summed E-state index contributed by atoms with van der Waals surface area (Å²) in [7, 11) is 2.02. The Labute approximate surface area is 117 Å². The van der Waals surface area contributed by atoms with E-state index in [9.17, 15) is 0 Å². The van der Waals surface area contributed by atoms with Crippen LogP contribution in [0.15, 0.2) is 24.8 Å². The number of nitrogens with zero attached hydrogens (tertiary/aromatic N) is 5. The lowest BCUT2D eigenvalue weighted by Gasteiger charge is -2.28. The minimum Gasteiger partial charge on any atom is -0.344 e. The summed E-state index contributed by atoms with van der Waals surface area (Å²) in [5.41, 5.74) is 0. The first-order chi connectivity index (χ1) is 9.22. The van der Waals surface area contributed by atoms with Crippen LogP contribution in [0.2, 0.25) is 5.02 Å². The van der Waals surface area contributed by atoms with E-state index in [4.69, 9.17) is 11.6 Å². The van der Waals surface area contributed by atoms with Gasteiger partial charge in [-0.1, -0.05) is 11.6 Å². The molecule has 1 aliphatic rings. The molecule has 0 spiro atoms. The molecular formula is C13H16ClN5. The zero-order valence-electron chi connectivity index (χ0n) is 10.8. The molecule has 0 unspecified atom stereocenters. The molecule has 3 rings (SSSR count). The highest BCUT2D eigenvalue weighted by Crippen LogP contribution is 2.20. The maximum Gasteiger partial charge on any atom is 0.225 e.